The maximum Gasteiger partial charge on any atom is 0.312 e. The first-order valence-electron chi connectivity index (χ1n) is 7.78. The van der Waals surface area contributed by atoms with Crippen LogP contribution < -0.4 is 16.0 Å². The van der Waals surface area contributed by atoms with E-state index in [9.17, 15) is 9.59 Å². The molecule has 6 nitrogen and oxygen atoms in total. The molecule has 1 aromatic rings. The Balaban J connectivity index is 1.66. The molecule has 1 aliphatic rings. The maximum absolute atomic E-state index is 12.1. The highest BCUT2D eigenvalue weighted by atomic mass is 16.2. The molecule has 1 aromatic carbocycles. The first kappa shape index (κ1) is 16.1. The number of carbonyl (C=O) groups excluding carboxylic acids is 2. The Labute approximate surface area is 131 Å². The van der Waals surface area contributed by atoms with Crippen molar-refractivity contribution < 1.29 is 9.59 Å². The monoisotopic (exact) mass is 304 g/mol. The second-order valence-electron chi connectivity index (χ2n) is 5.45. The summed E-state index contributed by atoms with van der Waals surface area (Å²) in [7, 11) is 0. The molecule has 6 heteroatoms. The van der Waals surface area contributed by atoms with E-state index in [2.05, 4.69) is 22.3 Å². The van der Waals surface area contributed by atoms with E-state index in [0.29, 0.717) is 13.0 Å². The Bertz CT molecular complexity index is 484. The van der Waals surface area contributed by atoms with Crippen molar-refractivity contribution >= 4 is 17.6 Å². The number of unbranched alkanes of at least 4 members (excludes halogenated alkanes) is 1. The van der Waals surface area contributed by atoms with Crippen LogP contribution in [0.5, 0.6) is 0 Å². The fourth-order valence-electron chi connectivity index (χ4n) is 2.62. The molecule has 3 amide bonds. The summed E-state index contributed by atoms with van der Waals surface area (Å²) in [5, 5.41) is 2.53. The standard InChI is InChI=1S/C16H24N4O2/c17-16(22)18-9-5-4-8-15(21)20-12-10-19(11-13-20)14-6-2-1-3-7-14/h1-3,6-7H,4-5,8-13H2,(H3,17,18,22). The van der Waals surface area contributed by atoms with Crippen LogP contribution >= 0.6 is 0 Å². The Morgan fingerprint density at radius 2 is 1.73 bits per heavy atom. The molecule has 0 unspecified atom stereocenters. The number of primary amides is 1. The molecule has 1 saturated heterocycles. The van der Waals surface area contributed by atoms with Crippen molar-refractivity contribution in [2.45, 2.75) is 19.3 Å². The number of benzene rings is 1. The minimum atomic E-state index is -0.511. The van der Waals surface area contributed by atoms with Crippen LogP contribution in [0, 0.1) is 0 Å². The van der Waals surface area contributed by atoms with Crippen molar-refractivity contribution in [3.05, 3.63) is 30.3 Å². The van der Waals surface area contributed by atoms with Crippen molar-refractivity contribution in [2.24, 2.45) is 5.73 Å². The molecule has 1 fully saturated rings. The molecular weight excluding hydrogens is 280 g/mol. The number of amides is 3. The summed E-state index contributed by atoms with van der Waals surface area (Å²) in [5.41, 5.74) is 6.20. The fourth-order valence-corrected chi connectivity index (χ4v) is 2.62. The van der Waals surface area contributed by atoms with E-state index in [1.54, 1.807) is 0 Å². The fraction of sp³-hybridized carbons (Fsp3) is 0.500. The van der Waals surface area contributed by atoms with E-state index in [1.807, 2.05) is 23.1 Å². The zero-order valence-electron chi connectivity index (χ0n) is 12.8. The van der Waals surface area contributed by atoms with Gasteiger partial charge in [0.2, 0.25) is 5.91 Å². The molecule has 0 radical (unpaired) electrons. The first-order valence-corrected chi connectivity index (χ1v) is 7.78. The highest BCUT2D eigenvalue weighted by molar-refractivity contribution is 5.76. The lowest BCUT2D eigenvalue weighted by molar-refractivity contribution is -0.131. The quantitative estimate of drug-likeness (QED) is 0.774. The number of hydrogen-bond acceptors (Lipinski definition) is 3. The van der Waals surface area contributed by atoms with Gasteiger partial charge in [0.1, 0.15) is 0 Å². The van der Waals surface area contributed by atoms with Gasteiger partial charge in [0.05, 0.1) is 0 Å². The summed E-state index contributed by atoms with van der Waals surface area (Å²) in [6, 6.07) is 9.77. The number of nitrogens with zero attached hydrogens (tertiary/aromatic N) is 2. The first-order chi connectivity index (χ1) is 10.7. The zero-order chi connectivity index (χ0) is 15.8. The van der Waals surface area contributed by atoms with Crippen LogP contribution in [0.2, 0.25) is 0 Å². The number of nitrogens with one attached hydrogen (secondary N) is 1. The van der Waals surface area contributed by atoms with Gasteiger partial charge in [-0.1, -0.05) is 18.2 Å². The van der Waals surface area contributed by atoms with Crippen LogP contribution in [0.4, 0.5) is 10.5 Å². The average Bonchev–Trinajstić information content (AvgIpc) is 2.55. The molecule has 3 N–H and O–H groups in total. The molecule has 0 bridgehead atoms. The van der Waals surface area contributed by atoms with E-state index in [-0.39, 0.29) is 5.91 Å². The van der Waals surface area contributed by atoms with E-state index < -0.39 is 6.03 Å². The lowest BCUT2D eigenvalue weighted by Crippen LogP contribution is -2.48. The number of hydrogen-bond donors (Lipinski definition) is 2. The summed E-state index contributed by atoms with van der Waals surface area (Å²) in [6.45, 7) is 3.82. The van der Waals surface area contributed by atoms with Crippen molar-refractivity contribution in [2.75, 3.05) is 37.6 Å². The molecule has 0 aromatic heterocycles. The van der Waals surface area contributed by atoms with E-state index in [1.165, 1.54) is 5.69 Å². The molecule has 0 saturated carbocycles. The van der Waals surface area contributed by atoms with Crippen LogP contribution in [-0.2, 0) is 4.79 Å². The molecule has 22 heavy (non-hydrogen) atoms. The molecule has 0 atom stereocenters. The predicted molar refractivity (Wildman–Crippen MR) is 86.7 cm³/mol. The van der Waals surface area contributed by atoms with Crippen molar-refractivity contribution in [1.29, 1.82) is 0 Å². The number of carbonyl (C=O) groups is 2. The predicted octanol–water partition coefficient (Wildman–Crippen LogP) is 1.17. The number of rotatable bonds is 6. The molecule has 120 valence electrons. The molecular formula is C16H24N4O2. The summed E-state index contributed by atoms with van der Waals surface area (Å²) in [6.07, 6.45) is 2.09. The number of para-hydroxylation sites is 1. The molecule has 1 heterocycles. The molecule has 0 spiro atoms. The number of nitrogens with two attached hydrogens (primary N) is 1. The van der Waals surface area contributed by atoms with Crippen LogP contribution in [0.3, 0.4) is 0 Å². The van der Waals surface area contributed by atoms with Crippen molar-refractivity contribution in [3.63, 3.8) is 0 Å². The summed E-state index contributed by atoms with van der Waals surface area (Å²) in [5.74, 6) is 0.201. The minimum Gasteiger partial charge on any atom is -0.368 e. The normalized spacial score (nSPS) is 14.7. The van der Waals surface area contributed by atoms with Gasteiger partial charge in [0.25, 0.3) is 0 Å². The Hall–Kier alpha value is -2.24. The molecule has 0 aliphatic carbocycles. The number of urea groups is 1. The molecule has 2 rings (SSSR count). The Morgan fingerprint density at radius 1 is 1.05 bits per heavy atom. The smallest absolute Gasteiger partial charge is 0.312 e. The van der Waals surface area contributed by atoms with Crippen LogP contribution in [0.15, 0.2) is 30.3 Å². The van der Waals surface area contributed by atoms with Crippen molar-refractivity contribution in [1.82, 2.24) is 10.2 Å². The minimum absolute atomic E-state index is 0.201. The van der Waals surface area contributed by atoms with Gasteiger partial charge < -0.3 is 20.9 Å². The van der Waals surface area contributed by atoms with Crippen molar-refractivity contribution in [3.8, 4) is 0 Å². The zero-order valence-corrected chi connectivity index (χ0v) is 12.8. The third kappa shape index (κ3) is 4.95. The highest BCUT2D eigenvalue weighted by Gasteiger charge is 2.20. The van der Waals surface area contributed by atoms with E-state index in [4.69, 9.17) is 5.73 Å². The number of anilines is 1. The van der Waals surface area contributed by atoms with E-state index >= 15 is 0 Å². The third-order valence-corrected chi connectivity index (χ3v) is 3.87. The SMILES string of the molecule is NC(=O)NCCCCC(=O)N1CCN(c2ccccc2)CC1. The van der Waals surface area contributed by atoms with Gasteiger partial charge in [-0.2, -0.15) is 0 Å². The number of piperazine rings is 1. The van der Waals surface area contributed by atoms with Gasteiger partial charge in [-0.3, -0.25) is 4.79 Å². The average molecular weight is 304 g/mol. The van der Waals surface area contributed by atoms with Gasteiger partial charge in [0.15, 0.2) is 0 Å². The summed E-state index contributed by atoms with van der Waals surface area (Å²) in [4.78, 5) is 26.9. The highest BCUT2D eigenvalue weighted by Crippen LogP contribution is 2.16. The van der Waals surface area contributed by atoms with Gasteiger partial charge in [-0.15, -0.1) is 0 Å². The third-order valence-electron chi connectivity index (χ3n) is 3.87. The lowest BCUT2D eigenvalue weighted by Gasteiger charge is -2.36. The second kappa shape index (κ2) is 8.26. The maximum atomic E-state index is 12.1. The van der Waals surface area contributed by atoms with Gasteiger partial charge in [-0.25, -0.2) is 4.79 Å². The largest absolute Gasteiger partial charge is 0.368 e. The van der Waals surface area contributed by atoms with Crippen LogP contribution in [0.1, 0.15) is 19.3 Å². The Kier molecular flexibility index (Phi) is 6.06. The summed E-state index contributed by atoms with van der Waals surface area (Å²) >= 11 is 0. The van der Waals surface area contributed by atoms with Gasteiger partial charge in [-0.05, 0) is 25.0 Å². The van der Waals surface area contributed by atoms with E-state index in [0.717, 1.165) is 39.0 Å². The Morgan fingerprint density at radius 3 is 2.36 bits per heavy atom. The second-order valence-corrected chi connectivity index (χ2v) is 5.45. The van der Waals surface area contributed by atoms with Gasteiger partial charge in [0, 0.05) is 44.8 Å². The van der Waals surface area contributed by atoms with Crippen LogP contribution in [-0.4, -0.2) is 49.6 Å². The topological polar surface area (TPSA) is 78.7 Å². The van der Waals surface area contributed by atoms with Gasteiger partial charge >= 0.3 is 6.03 Å². The lowest BCUT2D eigenvalue weighted by atomic mass is 10.2. The summed E-state index contributed by atoms with van der Waals surface area (Å²) < 4.78 is 0. The molecule has 1 aliphatic heterocycles. The van der Waals surface area contributed by atoms with Crippen LogP contribution in [0.25, 0.3) is 0 Å².